The summed E-state index contributed by atoms with van der Waals surface area (Å²) in [6.07, 6.45) is 11.9. The van der Waals surface area contributed by atoms with Gasteiger partial charge in [-0.2, -0.15) is 5.26 Å². The van der Waals surface area contributed by atoms with Crippen LogP contribution in [0, 0.1) is 11.5 Å². The highest BCUT2D eigenvalue weighted by atomic mass is 32.2. The highest BCUT2D eigenvalue weighted by Gasteiger charge is 2.41. The van der Waals surface area contributed by atoms with Crippen LogP contribution in [0.25, 0.3) is 0 Å². The first-order valence-electron chi connectivity index (χ1n) is 12.2. The van der Waals surface area contributed by atoms with E-state index < -0.39 is 0 Å². The number of unbranched alkanes of at least 4 members (excludes halogenated alkanes) is 6. The van der Waals surface area contributed by atoms with Gasteiger partial charge >= 0.3 is 0 Å². The first-order valence-corrected chi connectivity index (χ1v) is 13.2. The predicted octanol–water partition coefficient (Wildman–Crippen LogP) is 7.04. The maximum atomic E-state index is 8.52. The zero-order valence-corrected chi connectivity index (χ0v) is 21.2. The number of nitrogens with zero attached hydrogens (tertiary/aromatic N) is 1. The van der Waals surface area contributed by atoms with E-state index in [1.54, 1.807) is 14.2 Å². The van der Waals surface area contributed by atoms with Gasteiger partial charge in [0.15, 0.2) is 6.19 Å². The van der Waals surface area contributed by atoms with Crippen molar-refractivity contribution in [2.24, 2.45) is 0 Å². The van der Waals surface area contributed by atoms with Gasteiger partial charge in [0.2, 0.25) is 0 Å². The third-order valence-electron chi connectivity index (χ3n) is 7.02. The lowest BCUT2D eigenvalue weighted by Gasteiger charge is -2.43. The molecule has 0 spiro atoms. The number of fused-ring (bicyclic) bond motifs is 1. The Morgan fingerprint density at radius 2 is 1.58 bits per heavy atom. The Morgan fingerprint density at radius 1 is 0.939 bits per heavy atom. The molecule has 0 aliphatic carbocycles. The predicted molar refractivity (Wildman–Crippen MR) is 137 cm³/mol. The van der Waals surface area contributed by atoms with E-state index in [9.17, 15) is 0 Å². The van der Waals surface area contributed by atoms with E-state index in [1.165, 1.54) is 61.0 Å². The lowest BCUT2D eigenvalue weighted by atomic mass is 9.68. The van der Waals surface area contributed by atoms with Crippen molar-refractivity contribution in [3.05, 3.63) is 53.6 Å². The number of rotatable bonds is 13. The maximum Gasteiger partial charge on any atom is 0.176 e. The van der Waals surface area contributed by atoms with Crippen molar-refractivity contribution < 1.29 is 9.47 Å². The van der Waals surface area contributed by atoms with Gasteiger partial charge in [-0.25, -0.2) is 0 Å². The summed E-state index contributed by atoms with van der Waals surface area (Å²) in [5, 5.41) is 11.2. The molecule has 0 radical (unpaired) electrons. The van der Waals surface area contributed by atoms with Crippen molar-refractivity contribution in [3.63, 3.8) is 0 Å². The van der Waals surface area contributed by atoms with Crippen molar-refractivity contribution in [2.45, 2.75) is 74.5 Å². The second-order valence-electron chi connectivity index (χ2n) is 9.19. The lowest BCUT2D eigenvalue weighted by Crippen LogP contribution is -2.36. The summed E-state index contributed by atoms with van der Waals surface area (Å²) >= 11 is 1.96. The largest absolute Gasteiger partial charge is 0.497 e. The van der Waals surface area contributed by atoms with E-state index in [0.717, 1.165) is 30.2 Å². The highest BCUT2D eigenvalue weighted by molar-refractivity contribution is 7.99. The Bertz CT molecular complexity index is 909. The van der Waals surface area contributed by atoms with Crippen LogP contribution in [0.2, 0.25) is 0 Å². The van der Waals surface area contributed by atoms with Crippen LogP contribution in [-0.4, -0.2) is 26.5 Å². The maximum absolute atomic E-state index is 8.52. The second kappa shape index (κ2) is 12.8. The summed E-state index contributed by atoms with van der Waals surface area (Å²) in [6, 6.07) is 15.3. The van der Waals surface area contributed by atoms with Crippen LogP contribution in [0.4, 0.5) is 0 Å². The molecule has 0 aromatic heterocycles. The minimum atomic E-state index is 0.0896. The topological polar surface area (TPSA) is 54.3 Å². The Balaban J connectivity index is 1.64. The summed E-state index contributed by atoms with van der Waals surface area (Å²) in [4.78, 5) is 1.37. The molecule has 1 aliphatic heterocycles. The fourth-order valence-electron chi connectivity index (χ4n) is 4.96. The molecule has 0 saturated heterocycles. The quantitative estimate of drug-likeness (QED) is 0.195. The fraction of sp³-hybridized carbons (Fsp3) is 0.536. The van der Waals surface area contributed by atoms with E-state index in [2.05, 4.69) is 54.7 Å². The lowest BCUT2D eigenvalue weighted by molar-refractivity contribution is 0.369. The molecule has 33 heavy (non-hydrogen) atoms. The van der Waals surface area contributed by atoms with Crippen LogP contribution in [0.3, 0.4) is 0 Å². The summed E-state index contributed by atoms with van der Waals surface area (Å²) in [5.41, 5.74) is 2.95. The van der Waals surface area contributed by atoms with Gasteiger partial charge in [0.25, 0.3) is 0 Å². The van der Waals surface area contributed by atoms with Crippen LogP contribution in [0.1, 0.15) is 75.3 Å². The molecular formula is C28H38N2O2S. The van der Waals surface area contributed by atoms with E-state index in [1.807, 2.05) is 18.0 Å². The fourth-order valence-corrected chi connectivity index (χ4v) is 6.36. The number of ether oxygens (including phenoxy) is 2. The van der Waals surface area contributed by atoms with E-state index in [4.69, 9.17) is 14.7 Å². The summed E-state index contributed by atoms with van der Waals surface area (Å²) in [7, 11) is 3.47. The molecule has 2 aromatic carbocycles. The Kier molecular flexibility index (Phi) is 9.81. The van der Waals surface area contributed by atoms with Gasteiger partial charge in [-0.1, -0.05) is 63.6 Å². The van der Waals surface area contributed by atoms with Crippen LogP contribution in [-0.2, 0) is 5.41 Å². The van der Waals surface area contributed by atoms with Crippen LogP contribution in [0.15, 0.2) is 47.4 Å². The smallest absolute Gasteiger partial charge is 0.176 e. The number of thioether (sulfide) groups is 1. The van der Waals surface area contributed by atoms with Crippen LogP contribution in [0.5, 0.6) is 11.5 Å². The molecule has 5 heteroatoms. The third-order valence-corrected chi connectivity index (χ3v) is 8.42. The number of benzene rings is 2. The molecule has 2 atom stereocenters. The number of hydrogen-bond donors (Lipinski definition) is 1. The van der Waals surface area contributed by atoms with Gasteiger partial charge in [-0.15, -0.1) is 11.8 Å². The first-order chi connectivity index (χ1) is 16.1. The minimum Gasteiger partial charge on any atom is -0.497 e. The standard InChI is InChI=1S/C28H38N2O2S/c1-28(22-12-14-23(31-2)15-13-22)20-33-27-19-24(32-3)16-17-25(27)26(28)11-9-7-5-4-6-8-10-18-30-21-29/h12-17,19,26,30H,4-11,18,20H2,1-3H3. The van der Waals surface area contributed by atoms with Crippen LogP contribution >= 0.6 is 11.8 Å². The zero-order chi connectivity index (χ0) is 23.5. The molecule has 4 nitrogen and oxygen atoms in total. The van der Waals surface area contributed by atoms with Crippen molar-refractivity contribution in [3.8, 4) is 17.7 Å². The van der Waals surface area contributed by atoms with E-state index in [0.29, 0.717) is 5.92 Å². The molecule has 3 rings (SSSR count). The molecule has 1 N–H and O–H groups in total. The number of hydrogen-bond acceptors (Lipinski definition) is 5. The second-order valence-corrected chi connectivity index (χ2v) is 10.2. The SMILES string of the molecule is COc1ccc(C2(C)CSc3cc(OC)ccc3C2CCCCCCCCCNC#N)cc1. The summed E-state index contributed by atoms with van der Waals surface area (Å²) in [5.74, 6) is 3.42. The van der Waals surface area contributed by atoms with E-state index in [-0.39, 0.29) is 5.41 Å². The van der Waals surface area contributed by atoms with Gasteiger partial charge in [-0.3, -0.25) is 0 Å². The monoisotopic (exact) mass is 466 g/mol. The van der Waals surface area contributed by atoms with Gasteiger partial charge < -0.3 is 14.8 Å². The van der Waals surface area contributed by atoms with Crippen molar-refractivity contribution in [1.82, 2.24) is 5.32 Å². The minimum absolute atomic E-state index is 0.0896. The normalized spacial score (nSPS) is 19.4. The van der Waals surface area contributed by atoms with Crippen LogP contribution < -0.4 is 14.8 Å². The molecule has 0 bridgehead atoms. The molecule has 0 amide bonds. The van der Waals surface area contributed by atoms with Crippen molar-refractivity contribution in [1.29, 1.82) is 5.26 Å². The van der Waals surface area contributed by atoms with Crippen molar-refractivity contribution in [2.75, 3.05) is 26.5 Å². The van der Waals surface area contributed by atoms with E-state index >= 15 is 0 Å². The molecule has 1 heterocycles. The Labute approximate surface area is 204 Å². The summed E-state index contributed by atoms with van der Waals surface area (Å²) < 4.78 is 10.9. The average Bonchev–Trinajstić information content (AvgIpc) is 2.86. The molecule has 2 aromatic rings. The van der Waals surface area contributed by atoms with Crippen molar-refractivity contribution >= 4 is 11.8 Å². The molecule has 178 valence electrons. The van der Waals surface area contributed by atoms with Gasteiger partial charge in [0.05, 0.1) is 14.2 Å². The third kappa shape index (κ3) is 6.60. The molecule has 1 aliphatic rings. The molecule has 0 saturated carbocycles. The Morgan fingerprint density at radius 3 is 2.24 bits per heavy atom. The zero-order valence-electron chi connectivity index (χ0n) is 20.4. The van der Waals surface area contributed by atoms with Gasteiger partial charge in [0, 0.05) is 22.6 Å². The first kappa shape index (κ1) is 25.3. The number of methoxy groups -OCH3 is 2. The highest BCUT2D eigenvalue weighted by Crippen LogP contribution is 2.52. The summed E-state index contributed by atoms with van der Waals surface area (Å²) in [6.45, 7) is 3.25. The molecule has 2 unspecified atom stereocenters. The molecular weight excluding hydrogens is 428 g/mol. The van der Waals surface area contributed by atoms with Gasteiger partial charge in [-0.05, 0) is 54.2 Å². The Hall–Kier alpha value is -2.32. The molecule has 0 fully saturated rings. The number of nitrogens with one attached hydrogen (secondary N) is 1. The number of nitriles is 1. The van der Waals surface area contributed by atoms with Gasteiger partial charge in [0.1, 0.15) is 11.5 Å². The average molecular weight is 467 g/mol.